The summed E-state index contributed by atoms with van der Waals surface area (Å²) in [7, 11) is 2.11. The summed E-state index contributed by atoms with van der Waals surface area (Å²) >= 11 is 5.89. The molecule has 0 aromatic heterocycles. The number of likely N-dealkylation sites (N-methyl/N-ethyl adjacent to an activating group) is 1. The Hall–Kier alpha value is -1.36. The fourth-order valence-electron chi connectivity index (χ4n) is 3.21. The SMILES string of the molecule is C=CCN(C)CCCCOC1CCN(C(=O)Cc2ccc(Cl)cc2)CC1. The van der Waals surface area contributed by atoms with Crippen LogP contribution >= 0.6 is 11.6 Å². The average Bonchev–Trinajstić information content (AvgIpc) is 2.64. The van der Waals surface area contributed by atoms with Gasteiger partial charge < -0.3 is 14.5 Å². The first-order valence-electron chi connectivity index (χ1n) is 9.51. The molecule has 0 saturated carbocycles. The Balaban J connectivity index is 1.59. The van der Waals surface area contributed by atoms with Crippen LogP contribution < -0.4 is 0 Å². The Morgan fingerprint density at radius 2 is 2.00 bits per heavy atom. The topological polar surface area (TPSA) is 32.8 Å². The average molecular weight is 379 g/mol. The quantitative estimate of drug-likeness (QED) is 0.458. The van der Waals surface area contributed by atoms with E-state index in [-0.39, 0.29) is 5.91 Å². The predicted octanol–water partition coefficient (Wildman–Crippen LogP) is 3.79. The van der Waals surface area contributed by atoms with Crippen LogP contribution in [0.25, 0.3) is 0 Å². The van der Waals surface area contributed by atoms with E-state index >= 15 is 0 Å². The molecule has 1 saturated heterocycles. The van der Waals surface area contributed by atoms with Crippen molar-refractivity contribution in [1.29, 1.82) is 0 Å². The van der Waals surface area contributed by atoms with Crippen LogP contribution in [-0.2, 0) is 16.0 Å². The summed E-state index contributed by atoms with van der Waals surface area (Å²) in [5.74, 6) is 0.191. The van der Waals surface area contributed by atoms with Gasteiger partial charge >= 0.3 is 0 Å². The van der Waals surface area contributed by atoms with Gasteiger partial charge in [0.25, 0.3) is 0 Å². The van der Waals surface area contributed by atoms with Crippen molar-refractivity contribution in [2.75, 3.05) is 39.8 Å². The molecule has 144 valence electrons. The molecule has 26 heavy (non-hydrogen) atoms. The molecule has 1 amide bonds. The van der Waals surface area contributed by atoms with Gasteiger partial charge in [-0.15, -0.1) is 6.58 Å². The molecule has 2 rings (SSSR count). The van der Waals surface area contributed by atoms with Gasteiger partial charge in [0.05, 0.1) is 12.5 Å². The molecule has 0 radical (unpaired) electrons. The zero-order chi connectivity index (χ0) is 18.8. The van der Waals surface area contributed by atoms with Crippen LogP contribution in [0.3, 0.4) is 0 Å². The van der Waals surface area contributed by atoms with Crippen LogP contribution in [0.4, 0.5) is 0 Å². The van der Waals surface area contributed by atoms with Crippen LogP contribution in [0.5, 0.6) is 0 Å². The molecule has 4 nitrogen and oxygen atoms in total. The maximum Gasteiger partial charge on any atom is 0.226 e. The van der Waals surface area contributed by atoms with Crippen molar-refractivity contribution in [3.8, 4) is 0 Å². The highest BCUT2D eigenvalue weighted by Gasteiger charge is 2.23. The van der Waals surface area contributed by atoms with Gasteiger partial charge in [0.1, 0.15) is 0 Å². The summed E-state index contributed by atoms with van der Waals surface area (Å²) in [4.78, 5) is 16.6. The number of carbonyl (C=O) groups excluding carboxylic acids is 1. The van der Waals surface area contributed by atoms with E-state index in [9.17, 15) is 4.79 Å². The number of hydrogen-bond donors (Lipinski definition) is 0. The van der Waals surface area contributed by atoms with E-state index in [2.05, 4.69) is 18.5 Å². The monoisotopic (exact) mass is 378 g/mol. The first-order valence-corrected chi connectivity index (χ1v) is 9.89. The number of likely N-dealkylation sites (tertiary alicyclic amines) is 1. The van der Waals surface area contributed by atoms with Crippen LogP contribution in [-0.4, -0.2) is 61.6 Å². The Morgan fingerprint density at radius 3 is 2.65 bits per heavy atom. The van der Waals surface area contributed by atoms with Gasteiger partial charge in [-0.25, -0.2) is 0 Å². The number of piperidine rings is 1. The third kappa shape index (κ3) is 7.48. The lowest BCUT2D eigenvalue weighted by Crippen LogP contribution is -2.41. The second kappa shape index (κ2) is 11.4. The van der Waals surface area contributed by atoms with Crippen molar-refractivity contribution in [1.82, 2.24) is 9.80 Å². The number of ether oxygens (including phenoxy) is 1. The van der Waals surface area contributed by atoms with Gasteiger partial charge in [0, 0.05) is 31.3 Å². The Labute approximate surface area is 162 Å². The number of benzene rings is 1. The maximum absolute atomic E-state index is 12.4. The standard InChI is InChI=1S/C21H31ClN2O2/c1-3-12-23(2)13-4-5-16-26-20-10-14-24(15-11-20)21(25)17-18-6-8-19(22)9-7-18/h3,6-9,20H,1,4-5,10-17H2,2H3. The minimum Gasteiger partial charge on any atom is -0.378 e. The second-order valence-electron chi connectivity index (χ2n) is 7.01. The van der Waals surface area contributed by atoms with Crippen LogP contribution in [0, 0.1) is 0 Å². The number of rotatable bonds is 10. The number of nitrogens with zero attached hydrogens (tertiary/aromatic N) is 2. The summed E-state index contributed by atoms with van der Waals surface area (Å²) in [6.07, 6.45) is 6.76. The summed E-state index contributed by atoms with van der Waals surface area (Å²) < 4.78 is 5.99. The second-order valence-corrected chi connectivity index (χ2v) is 7.45. The lowest BCUT2D eigenvalue weighted by Gasteiger charge is -2.32. The normalized spacial score (nSPS) is 15.4. The third-order valence-corrected chi connectivity index (χ3v) is 5.04. The van der Waals surface area contributed by atoms with Crippen LogP contribution in [0.2, 0.25) is 5.02 Å². The van der Waals surface area contributed by atoms with Crippen molar-refractivity contribution in [3.05, 3.63) is 47.5 Å². The van der Waals surface area contributed by atoms with E-state index in [1.54, 1.807) is 0 Å². The number of carbonyl (C=O) groups is 1. The van der Waals surface area contributed by atoms with Gasteiger partial charge in [-0.05, 0) is 57.0 Å². The molecule has 0 N–H and O–H groups in total. The van der Waals surface area contributed by atoms with E-state index in [0.717, 1.165) is 64.0 Å². The summed E-state index contributed by atoms with van der Waals surface area (Å²) in [6, 6.07) is 7.50. The molecular weight excluding hydrogens is 348 g/mol. The summed E-state index contributed by atoms with van der Waals surface area (Å²) in [5, 5.41) is 0.700. The number of halogens is 1. The smallest absolute Gasteiger partial charge is 0.226 e. The van der Waals surface area contributed by atoms with Gasteiger partial charge in [-0.1, -0.05) is 29.8 Å². The molecule has 0 spiro atoms. The molecule has 5 heteroatoms. The largest absolute Gasteiger partial charge is 0.378 e. The lowest BCUT2D eigenvalue weighted by molar-refractivity contribution is -0.133. The first kappa shape index (κ1) is 20.9. The molecular formula is C21H31ClN2O2. The Morgan fingerprint density at radius 1 is 1.31 bits per heavy atom. The van der Waals surface area contributed by atoms with Gasteiger partial charge in [-0.3, -0.25) is 4.79 Å². The number of unbranched alkanes of at least 4 members (excludes halogenated alkanes) is 1. The molecule has 0 bridgehead atoms. The summed E-state index contributed by atoms with van der Waals surface area (Å²) in [5.41, 5.74) is 1.01. The molecule has 1 aliphatic rings. The molecule has 1 aromatic carbocycles. The van der Waals surface area contributed by atoms with E-state index in [1.165, 1.54) is 0 Å². The zero-order valence-corrected chi connectivity index (χ0v) is 16.6. The van der Waals surface area contributed by atoms with Gasteiger partial charge in [0.2, 0.25) is 5.91 Å². The van der Waals surface area contributed by atoms with Crippen LogP contribution in [0.1, 0.15) is 31.2 Å². The zero-order valence-electron chi connectivity index (χ0n) is 15.8. The number of amides is 1. The fourth-order valence-corrected chi connectivity index (χ4v) is 3.33. The number of hydrogen-bond acceptors (Lipinski definition) is 3. The molecule has 0 unspecified atom stereocenters. The molecule has 1 heterocycles. The highest BCUT2D eigenvalue weighted by Crippen LogP contribution is 2.16. The third-order valence-electron chi connectivity index (χ3n) is 4.79. The summed E-state index contributed by atoms with van der Waals surface area (Å²) in [6.45, 7) is 8.15. The Kier molecular flexibility index (Phi) is 9.16. The van der Waals surface area contributed by atoms with Crippen molar-refractivity contribution in [3.63, 3.8) is 0 Å². The van der Waals surface area contributed by atoms with Crippen molar-refractivity contribution in [2.24, 2.45) is 0 Å². The van der Waals surface area contributed by atoms with E-state index < -0.39 is 0 Å². The van der Waals surface area contributed by atoms with E-state index in [1.807, 2.05) is 35.2 Å². The van der Waals surface area contributed by atoms with E-state index in [0.29, 0.717) is 17.5 Å². The van der Waals surface area contributed by atoms with Crippen molar-refractivity contribution < 1.29 is 9.53 Å². The first-order chi connectivity index (χ1) is 12.6. The van der Waals surface area contributed by atoms with Gasteiger partial charge in [0.15, 0.2) is 0 Å². The molecule has 0 aliphatic carbocycles. The molecule has 1 aliphatic heterocycles. The predicted molar refractivity (Wildman–Crippen MR) is 108 cm³/mol. The minimum absolute atomic E-state index is 0.191. The van der Waals surface area contributed by atoms with Crippen molar-refractivity contribution >= 4 is 17.5 Å². The molecule has 1 aromatic rings. The van der Waals surface area contributed by atoms with E-state index in [4.69, 9.17) is 16.3 Å². The highest BCUT2D eigenvalue weighted by atomic mass is 35.5. The molecule has 0 atom stereocenters. The minimum atomic E-state index is 0.191. The fraction of sp³-hybridized carbons (Fsp3) is 0.571. The van der Waals surface area contributed by atoms with Crippen LogP contribution in [0.15, 0.2) is 36.9 Å². The highest BCUT2D eigenvalue weighted by molar-refractivity contribution is 6.30. The van der Waals surface area contributed by atoms with Gasteiger partial charge in [-0.2, -0.15) is 0 Å². The molecule has 1 fully saturated rings. The maximum atomic E-state index is 12.4. The lowest BCUT2D eigenvalue weighted by atomic mass is 10.1. The Bertz CT molecular complexity index is 554. The van der Waals surface area contributed by atoms with Crippen molar-refractivity contribution in [2.45, 2.75) is 38.2 Å².